The number of hydrogen-bond donors (Lipinski definition) is 2. The molecular formula is C9H21NO3S. The number of unbranched alkanes of at least 4 members (excludes halogenated alkanes) is 1. The smallest absolute Gasteiger partial charge is 0.266 e. The Kier molecular flexibility index (Phi) is 7.13. The van der Waals surface area contributed by atoms with Crippen LogP contribution in [0.5, 0.6) is 0 Å². The van der Waals surface area contributed by atoms with Crippen molar-refractivity contribution in [1.82, 2.24) is 5.32 Å². The predicted octanol–water partition coefficient (Wildman–Crippen LogP) is 1.29. The summed E-state index contributed by atoms with van der Waals surface area (Å²) in [5.41, 5.74) is 0. The average Bonchev–Trinajstić information content (AvgIpc) is 2.00. The summed E-state index contributed by atoms with van der Waals surface area (Å²) >= 11 is 0. The summed E-state index contributed by atoms with van der Waals surface area (Å²) in [7, 11) is -3.79. The summed E-state index contributed by atoms with van der Waals surface area (Å²) in [6.45, 7) is 5.53. The minimum Gasteiger partial charge on any atom is -0.316 e. The van der Waals surface area contributed by atoms with E-state index >= 15 is 0 Å². The Balaban J connectivity index is 3.15. The molecule has 5 heteroatoms. The number of nitrogens with one attached hydrogen (secondary N) is 1. The standard InChI is InChI=1S/C9H21NO3S/c1-9(2)5-3-4-6-10-7-8-14(11,12)13/h9-10H,3-8H2,1-2H3,(H,11,12,13). The Morgan fingerprint density at radius 3 is 2.36 bits per heavy atom. The molecule has 0 heterocycles. The Morgan fingerprint density at radius 1 is 1.21 bits per heavy atom. The Bertz CT molecular complexity index is 224. The van der Waals surface area contributed by atoms with Gasteiger partial charge in [0.15, 0.2) is 0 Å². The van der Waals surface area contributed by atoms with E-state index in [0.717, 1.165) is 25.3 Å². The first-order valence-electron chi connectivity index (χ1n) is 5.07. The van der Waals surface area contributed by atoms with Crippen molar-refractivity contribution in [2.24, 2.45) is 5.92 Å². The van der Waals surface area contributed by atoms with E-state index in [4.69, 9.17) is 4.55 Å². The molecule has 14 heavy (non-hydrogen) atoms. The van der Waals surface area contributed by atoms with E-state index < -0.39 is 10.1 Å². The molecule has 0 saturated heterocycles. The lowest BCUT2D eigenvalue weighted by Gasteiger charge is -2.05. The highest BCUT2D eigenvalue weighted by atomic mass is 32.2. The first kappa shape index (κ1) is 13.9. The molecule has 0 aromatic rings. The highest BCUT2D eigenvalue weighted by Gasteiger charge is 2.02. The van der Waals surface area contributed by atoms with Gasteiger partial charge in [0.1, 0.15) is 0 Å². The zero-order valence-corrected chi connectivity index (χ0v) is 9.81. The lowest BCUT2D eigenvalue weighted by molar-refractivity contribution is 0.479. The Hall–Kier alpha value is -0.130. The molecule has 0 saturated carbocycles. The summed E-state index contributed by atoms with van der Waals surface area (Å²) in [4.78, 5) is 0. The second kappa shape index (κ2) is 7.20. The third kappa shape index (κ3) is 11.9. The van der Waals surface area contributed by atoms with E-state index in [1.807, 2.05) is 0 Å². The zero-order valence-electron chi connectivity index (χ0n) is 8.99. The van der Waals surface area contributed by atoms with Crippen LogP contribution in [-0.2, 0) is 10.1 Å². The van der Waals surface area contributed by atoms with E-state index in [0.29, 0.717) is 6.54 Å². The summed E-state index contributed by atoms with van der Waals surface area (Å²) in [6.07, 6.45) is 3.43. The first-order chi connectivity index (χ1) is 6.42. The maximum Gasteiger partial charge on any atom is 0.266 e. The van der Waals surface area contributed by atoms with Crippen LogP contribution in [-0.4, -0.2) is 31.8 Å². The zero-order chi connectivity index (χ0) is 11.0. The molecule has 0 spiro atoms. The van der Waals surface area contributed by atoms with Crippen LogP contribution in [0.25, 0.3) is 0 Å². The molecule has 0 fully saturated rings. The lowest BCUT2D eigenvalue weighted by atomic mass is 10.1. The topological polar surface area (TPSA) is 66.4 Å². The van der Waals surface area contributed by atoms with E-state index in [1.54, 1.807) is 0 Å². The molecule has 0 aliphatic rings. The Morgan fingerprint density at radius 2 is 1.86 bits per heavy atom. The third-order valence-electron chi connectivity index (χ3n) is 1.92. The van der Waals surface area contributed by atoms with Gasteiger partial charge in [-0.1, -0.05) is 26.7 Å². The van der Waals surface area contributed by atoms with Crippen LogP contribution in [0.4, 0.5) is 0 Å². The van der Waals surface area contributed by atoms with Gasteiger partial charge in [-0.3, -0.25) is 4.55 Å². The van der Waals surface area contributed by atoms with Crippen LogP contribution in [0.15, 0.2) is 0 Å². The van der Waals surface area contributed by atoms with Crippen molar-refractivity contribution in [1.29, 1.82) is 0 Å². The van der Waals surface area contributed by atoms with Crippen LogP contribution in [0.3, 0.4) is 0 Å². The van der Waals surface area contributed by atoms with Crippen LogP contribution in [0.1, 0.15) is 33.1 Å². The molecular weight excluding hydrogens is 202 g/mol. The van der Waals surface area contributed by atoms with Gasteiger partial charge in [0.25, 0.3) is 10.1 Å². The van der Waals surface area contributed by atoms with Crippen LogP contribution < -0.4 is 5.32 Å². The molecule has 0 bridgehead atoms. The van der Waals surface area contributed by atoms with Gasteiger partial charge in [-0.2, -0.15) is 8.42 Å². The van der Waals surface area contributed by atoms with E-state index in [2.05, 4.69) is 19.2 Å². The van der Waals surface area contributed by atoms with Crippen LogP contribution in [0.2, 0.25) is 0 Å². The first-order valence-corrected chi connectivity index (χ1v) is 6.68. The molecule has 0 aliphatic heterocycles. The van der Waals surface area contributed by atoms with E-state index in [9.17, 15) is 8.42 Å². The molecule has 0 aromatic carbocycles. The van der Waals surface area contributed by atoms with Gasteiger partial charge in [-0.25, -0.2) is 0 Å². The van der Waals surface area contributed by atoms with Crippen molar-refractivity contribution < 1.29 is 13.0 Å². The van der Waals surface area contributed by atoms with Gasteiger partial charge < -0.3 is 5.32 Å². The van der Waals surface area contributed by atoms with Gasteiger partial charge in [0.2, 0.25) is 0 Å². The van der Waals surface area contributed by atoms with Gasteiger partial charge in [-0.05, 0) is 18.9 Å². The minimum absolute atomic E-state index is 0.197. The van der Waals surface area contributed by atoms with Gasteiger partial charge in [0, 0.05) is 6.54 Å². The van der Waals surface area contributed by atoms with Crippen molar-refractivity contribution in [2.75, 3.05) is 18.8 Å². The highest BCUT2D eigenvalue weighted by molar-refractivity contribution is 7.85. The lowest BCUT2D eigenvalue weighted by Crippen LogP contribution is -2.23. The van der Waals surface area contributed by atoms with Gasteiger partial charge in [0.05, 0.1) is 5.75 Å². The fourth-order valence-corrected chi connectivity index (χ4v) is 1.53. The molecule has 0 rings (SSSR count). The van der Waals surface area contributed by atoms with Crippen molar-refractivity contribution in [3.05, 3.63) is 0 Å². The molecule has 2 N–H and O–H groups in total. The highest BCUT2D eigenvalue weighted by Crippen LogP contribution is 2.04. The molecule has 4 nitrogen and oxygen atoms in total. The number of hydrogen-bond acceptors (Lipinski definition) is 3. The molecule has 0 radical (unpaired) electrons. The van der Waals surface area contributed by atoms with Gasteiger partial charge >= 0.3 is 0 Å². The third-order valence-corrected chi connectivity index (χ3v) is 2.64. The van der Waals surface area contributed by atoms with Crippen molar-refractivity contribution in [3.8, 4) is 0 Å². The minimum atomic E-state index is -3.79. The SMILES string of the molecule is CC(C)CCCCNCCS(=O)(=O)O. The summed E-state index contributed by atoms with van der Waals surface area (Å²) < 4.78 is 29.1. The number of rotatable bonds is 8. The normalized spacial score (nSPS) is 12.3. The van der Waals surface area contributed by atoms with E-state index in [-0.39, 0.29) is 5.75 Å². The van der Waals surface area contributed by atoms with Crippen molar-refractivity contribution >= 4 is 10.1 Å². The van der Waals surface area contributed by atoms with Crippen LogP contribution >= 0.6 is 0 Å². The quantitative estimate of drug-likeness (QED) is 0.480. The molecule has 0 amide bonds. The summed E-state index contributed by atoms with van der Waals surface area (Å²) in [6, 6.07) is 0. The maximum absolute atomic E-state index is 10.3. The van der Waals surface area contributed by atoms with Crippen LogP contribution in [0, 0.1) is 5.92 Å². The predicted molar refractivity (Wildman–Crippen MR) is 58.0 cm³/mol. The molecule has 0 aliphatic carbocycles. The second-order valence-electron chi connectivity index (χ2n) is 3.93. The average molecular weight is 223 g/mol. The molecule has 0 aromatic heterocycles. The fraction of sp³-hybridized carbons (Fsp3) is 1.00. The summed E-state index contributed by atoms with van der Waals surface area (Å²) in [5, 5.41) is 2.98. The largest absolute Gasteiger partial charge is 0.316 e. The van der Waals surface area contributed by atoms with Gasteiger partial charge in [-0.15, -0.1) is 0 Å². The molecule has 0 unspecified atom stereocenters. The second-order valence-corrected chi connectivity index (χ2v) is 5.50. The molecule has 86 valence electrons. The Labute approximate surface area is 86.8 Å². The van der Waals surface area contributed by atoms with E-state index in [1.165, 1.54) is 6.42 Å². The monoisotopic (exact) mass is 223 g/mol. The fourth-order valence-electron chi connectivity index (χ4n) is 1.13. The summed E-state index contributed by atoms with van der Waals surface area (Å²) in [5.74, 6) is 0.532. The van der Waals surface area contributed by atoms with Crippen molar-refractivity contribution in [2.45, 2.75) is 33.1 Å². The maximum atomic E-state index is 10.3. The van der Waals surface area contributed by atoms with Crippen molar-refractivity contribution in [3.63, 3.8) is 0 Å². The molecule has 0 atom stereocenters.